The molecule has 0 bridgehead atoms. The van der Waals surface area contributed by atoms with Crippen LogP contribution in [-0.4, -0.2) is 22.9 Å². The molecule has 0 saturated heterocycles. The van der Waals surface area contributed by atoms with Gasteiger partial charge in [0.05, 0.1) is 12.1 Å². The number of alkyl halides is 2. The van der Waals surface area contributed by atoms with Crippen molar-refractivity contribution in [2.24, 2.45) is 16.8 Å². The lowest BCUT2D eigenvalue weighted by atomic mass is 9.89. The summed E-state index contributed by atoms with van der Waals surface area (Å²) in [6.45, 7) is -0.612. The fraction of sp³-hybridized carbons (Fsp3) is 0.143. The number of nitrogens with two attached hydrogens (primary N) is 2. The number of hydrogen-bond acceptors (Lipinski definition) is 5. The predicted molar refractivity (Wildman–Crippen MR) is 107 cm³/mol. The maximum Gasteiger partial charge on any atom is 0.298 e. The smallest absolute Gasteiger partial charge is 0.298 e. The van der Waals surface area contributed by atoms with Crippen LogP contribution >= 0.6 is 0 Å². The molecule has 0 aliphatic heterocycles. The van der Waals surface area contributed by atoms with Crippen LogP contribution in [0.4, 0.5) is 22.0 Å². The number of hydrazone groups is 1. The van der Waals surface area contributed by atoms with Gasteiger partial charge in [-0.3, -0.25) is 9.99 Å². The fourth-order valence-electron chi connectivity index (χ4n) is 3.02. The summed E-state index contributed by atoms with van der Waals surface area (Å²) >= 11 is 0. The second kappa shape index (κ2) is 9.60. The lowest BCUT2D eigenvalue weighted by molar-refractivity contribution is -0.0443. The average Bonchev–Trinajstić information content (AvgIpc) is 2.73. The van der Waals surface area contributed by atoms with Crippen LogP contribution in [0.25, 0.3) is 0 Å². The maximum absolute atomic E-state index is 15.4. The molecule has 32 heavy (non-hydrogen) atoms. The molecule has 1 atom stereocenters. The molecule has 3 rings (SSSR count). The Hall–Kier alpha value is -3.73. The predicted octanol–water partition coefficient (Wildman–Crippen LogP) is 4.24. The highest BCUT2D eigenvalue weighted by Gasteiger charge is 2.45. The highest BCUT2D eigenvalue weighted by Crippen LogP contribution is 2.43. The van der Waals surface area contributed by atoms with Crippen molar-refractivity contribution in [2.45, 2.75) is 11.8 Å². The first-order chi connectivity index (χ1) is 15.2. The number of pyridine rings is 1. The molecular formula is C21H18F5N5O. The molecule has 0 spiro atoms. The van der Waals surface area contributed by atoms with E-state index in [1.807, 2.05) is 0 Å². The molecule has 0 saturated carbocycles. The molecule has 1 unspecified atom stereocenters. The second-order valence-electron chi connectivity index (χ2n) is 6.74. The van der Waals surface area contributed by atoms with Gasteiger partial charge < -0.3 is 10.6 Å². The largest absolute Gasteiger partial charge is 0.456 e. The summed E-state index contributed by atoms with van der Waals surface area (Å²) in [5.41, 5.74) is -1.19. The Kier molecular flexibility index (Phi) is 6.89. The molecule has 0 fully saturated rings. The molecule has 1 aromatic heterocycles. The summed E-state index contributed by atoms with van der Waals surface area (Å²) in [7, 11) is 0. The summed E-state index contributed by atoms with van der Waals surface area (Å²) in [4.78, 5) is 3.73. The van der Waals surface area contributed by atoms with E-state index in [1.54, 1.807) is 0 Å². The first-order valence-corrected chi connectivity index (χ1v) is 9.18. The van der Waals surface area contributed by atoms with Gasteiger partial charge in [-0.25, -0.2) is 19.0 Å². The minimum Gasteiger partial charge on any atom is -0.456 e. The number of benzene rings is 2. The molecule has 168 valence electrons. The average molecular weight is 451 g/mol. The minimum absolute atomic E-state index is 0.0791. The van der Waals surface area contributed by atoms with Crippen molar-refractivity contribution in [1.82, 2.24) is 9.99 Å². The quantitative estimate of drug-likeness (QED) is 0.176. The summed E-state index contributed by atoms with van der Waals surface area (Å²) in [5.74, 6) is 2.60. The monoisotopic (exact) mass is 451 g/mol. The number of ether oxygens (including phenoxy) is 1. The number of halogens is 5. The zero-order chi connectivity index (χ0) is 23.3. The van der Waals surface area contributed by atoms with Crippen molar-refractivity contribution in [2.75, 3.05) is 6.54 Å². The van der Waals surface area contributed by atoms with Gasteiger partial charge in [-0.05, 0) is 35.9 Å². The SMILES string of the molecule is N/N=C\N(N)CC(c1ccc(F)cc1F)C(F)(F)c1ccc(Oc2cccc(F)c2)cn1. The van der Waals surface area contributed by atoms with Crippen molar-refractivity contribution >= 4 is 6.34 Å². The molecule has 3 aromatic rings. The van der Waals surface area contributed by atoms with E-state index in [-0.39, 0.29) is 11.5 Å². The third kappa shape index (κ3) is 5.30. The van der Waals surface area contributed by atoms with E-state index in [0.717, 1.165) is 41.8 Å². The summed E-state index contributed by atoms with van der Waals surface area (Å²) in [6.07, 6.45) is 1.90. The van der Waals surface area contributed by atoms with Gasteiger partial charge in [-0.2, -0.15) is 13.9 Å². The lowest BCUT2D eigenvalue weighted by Gasteiger charge is -2.29. The number of aromatic nitrogens is 1. The van der Waals surface area contributed by atoms with Crippen LogP contribution in [0.2, 0.25) is 0 Å². The Labute approximate surface area is 179 Å². The van der Waals surface area contributed by atoms with Crippen LogP contribution in [-0.2, 0) is 5.92 Å². The number of hydrazine groups is 1. The molecule has 2 aromatic carbocycles. The zero-order valence-corrected chi connectivity index (χ0v) is 16.4. The molecule has 0 amide bonds. The van der Waals surface area contributed by atoms with Crippen LogP contribution in [0.5, 0.6) is 11.5 Å². The molecular weight excluding hydrogens is 433 g/mol. The third-order valence-corrected chi connectivity index (χ3v) is 4.49. The van der Waals surface area contributed by atoms with Crippen LogP contribution < -0.4 is 16.4 Å². The van der Waals surface area contributed by atoms with E-state index in [2.05, 4.69) is 10.1 Å². The molecule has 0 radical (unpaired) electrons. The van der Waals surface area contributed by atoms with E-state index in [1.165, 1.54) is 24.3 Å². The minimum atomic E-state index is -3.74. The lowest BCUT2D eigenvalue weighted by Crippen LogP contribution is -2.40. The van der Waals surface area contributed by atoms with Crippen molar-refractivity contribution < 1.29 is 26.7 Å². The molecule has 0 aliphatic rings. The third-order valence-electron chi connectivity index (χ3n) is 4.49. The molecule has 0 aliphatic carbocycles. The molecule has 1 heterocycles. The van der Waals surface area contributed by atoms with E-state index >= 15 is 8.78 Å². The van der Waals surface area contributed by atoms with Crippen molar-refractivity contribution in [1.29, 1.82) is 0 Å². The molecule has 6 nitrogen and oxygen atoms in total. The van der Waals surface area contributed by atoms with Gasteiger partial charge in [0.25, 0.3) is 5.92 Å². The first-order valence-electron chi connectivity index (χ1n) is 9.18. The van der Waals surface area contributed by atoms with Gasteiger partial charge in [0.15, 0.2) is 0 Å². The van der Waals surface area contributed by atoms with Crippen LogP contribution in [0.1, 0.15) is 17.2 Å². The highest BCUT2D eigenvalue weighted by molar-refractivity contribution is 5.53. The number of nitrogens with zero attached hydrogens (tertiary/aromatic N) is 3. The standard InChI is InChI=1S/C21H18F5N5O/c22-13-2-1-3-15(8-13)32-16-5-7-20(29-10-16)21(25,26)18(11-31(28)12-30-27)17-6-4-14(23)9-19(17)24/h1-10,12,18H,11,27-28H2/b30-12-. The van der Waals surface area contributed by atoms with Gasteiger partial charge in [0.2, 0.25) is 0 Å². The fourth-order valence-corrected chi connectivity index (χ4v) is 3.02. The Morgan fingerprint density at radius 3 is 2.41 bits per heavy atom. The number of hydrogen-bond donors (Lipinski definition) is 2. The second-order valence-corrected chi connectivity index (χ2v) is 6.74. The van der Waals surface area contributed by atoms with E-state index in [9.17, 15) is 13.2 Å². The van der Waals surface area contributed by atoms with Gasteiger partial charge in [-0.15, -0.1) is 0 Å². The Morgan fingerprint density at radius 1 is 1.03 bits per heavy atom. The van der Waals surface area contributed by atoms with Crippen LogP contribution in [0.15, 0.2) is 65.9 Å². The van der Waals surface area contributed by atoms with Crippen LogP contribution in [0, 0.1) is 17.5 Å². The molecule has 11 heteroatoms. The number of rotatable bonds is 8. The van der Waals surface area contributed by atoms with Gasteiger partial charge in [0, 0.05) is 18.7 Å². The van der Waals surface area contributed by atoms with Crippen molar-refractivity contribution in [3.63, 3.8) is 0 Å². The van der Waals surface area contributed by atoms with E-state index < -0.39 is 47.1 Å². The zero-order valence-electron chi connectivity index (χ0n) is 16.4. The first kappa shape index (κ1) is 22.9. The van der Waals surface area contributed by atoms with E-state index in [0.29, 0.717) is 6.07 Å². The van der Waals surface area contributed by atoms with Crippen molar-refractivity contribution in [3.8, 4) is 11.5 Å². The topological polar surface area (TPSA) is 89.8 Å². The maximum atomic E-state index is 15.4. The van der Waals surface area contributed by atoms with Gasteiger partial charge in [-0.1, -0.05) is 12.1 Å². The Balaban J connectivity index is 1.92. The van der Waals surface area contributed by atoms with Crippen LogP contribution in [0.3, 0.4) is 0 Å². The highest BCUT2D eigenvalue weighted by atomic mass is 19.3. The Morgan fingerprint density at radius 2 is 1.78 bits per heavy atom. The molecule has 4 N–H and O–H groups in total. The normalized spacial score (nSPS) is 12.7. The van der Waals surface area contributed by atoms with Gasteiger partial charge >= 0.3 is 0 Å². The van der Waals surface area contributed by atoms with E-state index in [4.69, 9.17) is 16.4 Å². The van der Waals surface area contributed by atoms with Gasteiger partial charge in [0.1, 0.15) is 41.0 Å². The summed E-state index contributed by atoms with van der Waals surface area (Å²) in [6, 6.07) is 9.71. The summed E-state index contributed by atoms with van der Waals surface area (Å²) in [5, 5.41) is 3.90. The Bertz CT molecular complexity index is 1090. The van der Waals surface area contributed by atoms with Crippen molar-refractivity contribution in [3.05, 3.63) is 89.5 Å². The summed E-state index contributed by atoms with van der Waals surface area (Å²) < 4.78 is 77.2.